The van der Waals surface area contributed by atoms with Crippen molar-refractivity contribution in [3.8, 4) is 0 Å². The number of hydrogen-bond acceptors (Lipinski definition) is 3. The van der Waals surface area contributed by atoms with Crippen LogP contribution in [0.2, 0.25) is 0 Å². The van der Waals surface area contributed by atoms with Crippen LogP contribution in [0.1, 0.15) is 0 Å². The zero-order valence-corrected chi connectivity index (χ0v) is 11.4. The van der Waals surface area contributed by atoms with E-state index in [2.05, 4.69) is 15.9 Å². The van der Waals surface area contributed by atoms with Crippen LogP contribution in [0.3, 0.4) is 0 Å². The minimum atomic E-state index is -0.0833. The van der Waals surface area contributed by atoms with Gasteiger partial charge >= 0.3 is 0 Å². The molecule has 0 radical (unpaired) electrons. The first kappa shape index (κ1) is 12.8. The molecule has 2 rings (SSSR count). The van der Waals surface area contributed by atoms with Crippen molar-refractivity contribution < 1.29 is 14.3 Å². The average Bonchev–Trinajstić information content (AvgIpc) is 2.39. The molecule has 0 spiro atoms. The Balaban J connectivity index is 2.06. The van der Waals surface area contributed by atoms with E-state index in [0.717, 1.165) is 0 Å². The molecule has 2 aliphatic rings. The van der Waals surface area contributed by atoms with Gasteiger partial charge in [0.15, 0.2) is 0 Å². The Bertz CT molecular complexity index is 348. The third-order valence-corrected chi connectivity index (χ3v) is 3.76. The van der Waals surface area contributed by atoms with E-state index in [1.54, 1.807) is 7.11 Å². The number of carbonyl (C=O) groups is 1. The highest BCUT2D eigenvalue weighted by Crippen LogP contribution is 2.21. The molecule has 0 N–H and O–H groups in total. The minimum absolute atomic E-state index is 0.0611. The van der Waals surface area contributed by atoms with Crippen LogP contribution in [0.4, 0.5) is 0 Å². The van der Waals surface area contributed by atoms with E-state index in [-0.39, 0.29) is 16.8 Å². The number of alkyl halides is 1. The van der Waals surface area contributed by atoms with Crippen LogP contribution in [-0.4, -0.2) is 55.2 Å². The van der Waals surface area contributed by atoms with E-state index in [1.807, 2.05) is 23.1 Å². The van der Waals surface area contributed by atoms with Gasteiger partial charge in [0.25, 0.3) is 5.91 Å². The van der Waals surface area contributed by atoms with Gasteiger partial charge in [-0.15, -0.1) is 0 Å². The van der Waals surface area contributed by atoms with Crippen molar-refractivity contribution in [1.29, 1.82) is 0 Å². The summed E-state index contributed by atoms with van der Waals surface area (Å²) in [6.07, 6.45) is 5.59. The molecular weight excluding hydrogens is 286 g/mol. The predicted octanol–water partition coefficient (Wildman–Crippen LogP) is 1.12. The van der Waals surface area contributed by atoms with E-state index in [4.69, 9.17) is 9.47 Å². The molecule has 0 aromatic heterocycles. The van der Waals surface area contributed by atoms with Crippen molar-refractivity contribution in [2.24, 2.45) is 0 Å². The average molecular weight is 302 g/mol. The van der Waals surface area contributed by atoms with Gasteiger partial charge < -0.3 is 14.4 Å². The Hall–Kier alpha value is -0.650. The van der Waals surface area contributed by atoms with Crippen LogP contribution in [0.15, 0.2) is 23.8 Å². The van der Waals surface area contributed by atoms with Gasteiger partial charge in [0.05, 0.1) is 24.1 Å². The second-order valence-corrected chi connectivity index (χ2v) is 5.09. The number of halogens is 1. The summed E-state index contributed by atoms with van der Waals surface area (Å²) in [4.78, 5) is 14.2. The summed E-state index contributed by atoms with van der Waals surface area (Å²) in [7, 11) is 1.64. The molecule has 1 aliphatic heterocycles. The topological polar surface area (TPSA) is 38.8 Å². The highest BCUT2D eigenvalue weighted by Gasteiger charge is 2.24. The number of hydrogen-bond donors (Lipinski definition) is 0. The molecule has 5 heteroatoms. The van der Waals surface area contributed by atoms with E-state index < -0.39 is 0 Å². The Kier molecular flexibility index (Phi) is 4.36. The number of methoxy groups -OCH3 is 1. The van der Waals surface area contributed by atoms with Crippen molar-refractivity contribution in [2.45, 2.75) is 10.9 Å². The summed E-state index contributed by atoms with van der Waals surface area (Å²) in [6.45, 7) is 2.58. The zero-order valence-electron chi connectivity index (χ0n) is 9.77. The molecule has 0 saturated carbocycles. The van der Waals surface area contributed by atoms with Gasteiger partial charge in [-0.25, -0.2) is 0 Å². The van der Waals surface area contributed by atoms with Crippen LogP contribution in [0.5, 0.6) is 0 Å². The van der Waals surface area contributed by atoms with Gasteiger partial charge in [-0.05, 0) is 6.08 Å². The summed E-state index contributed by atoms with van der Waals surface area (Å²) in [6, 6.07) is 0. The zero-order chi connectivity index (χ0) is 12.3. The van der Waals surface area contributed by atoms with Crippen molar-refractivity contribution >= 4 is 21.8 Å². The second kappa shape index (κ2) is 5.80. The van der Waals surface area contributed by atoms with Crippen molar-refractivity contribution in [3.63, 3.8) is 0 Å². The standard InChI is InChI=1S/C12H16BrNO3/c1-16-11-8-9(2-3-10(11)13)12(15)14-4-6-17-7-5-14/h2-3,8,10-11H,4-7H2,1H3. The van der Waals surface area contributed by atoms with Gasteiger partial charge in [0, 0.05) is 25.8 Å². The second-order valence-electron chi connectivity index (χ2n) is 4.03. The largest absolute Gasteiger partial charge is 0.378 e. The highest BCUT2D eigenvalue weighted by atomic mass is 79.9. The van der Waals surface area contributed by atoms with Crippen LogP contribution < -0.4 is 0 Å². The highest BCUT2D eigenvalue weighted by molar-refractivity contribution is 9.09. The molecule has 1 heterocycles. The molecule has 0 aromatic rings. The van der Waals surface area contributed by atoms with Crippen molar-refractivity contribution in [2.75, 3.05) is 33.4 Å². The van der Waals surface area contributed by atoms with E-state index in [1.165, 1.54) is 0 Å². The molecule has 0 bridgehead atoms. The fourth-order valence-electron chi connectivity index (χ4n) is 1.92. The van der Waals surface area contributed by atoms with E-state index in [9.17, 15) is 4.79 Å². The maximum atomic E-state index is 12.2. The van der Waals surface area contributed by atoms with Gasteiger partial charge in [0.2, 0.25) is 0 Å². The molecule has 1 fully saturated rings. The van der Waals surface area contributed by atoms with E-state index >= 15 is 0 Å². The fraction of sp³-hybridized carbons (Fsp3) is 0.583. The van der Waals surface area contributed by atoms with Gasteiger partial charge in [-0.3, -0.25) is 4.79 Å². The number of amides is 1. The molecule has 1 aliphatic carbocycles. The molecule has 17 heavy (non-hydrogen) atoms. The third kappa shape index (κ3) is 2.97. The monoisotopic (exact) mass is 301 g/mol. The van der Waals surface area contributed by atoms with Crippen LogP contribution in [-0.2, 0) is 14.3 Å². The molecule has 1 amide bonds. The van der Waals surface area contributed by atoms with Crippen molar-refractivity contribution in [3.05, 3.63) is 23.8 Å². The number of morpholine rings is 1. The van der Waals surface area contributed by atoms with Crippen LogP contribution >= 0.6 is 15.9 Å². The summed E-state index contributed by atoms with van der Waals surface area (Å²) >= 11 is 3.49. The fourth-order valence-corrected chi connectivity index (χ4v) is 2.44. The Morgan fingerprint density at radius 1 is 1.53 bits per heavy atom. The number of nitrogens with zero attached hydrogens (tertiary/aromatic N) is 1. The molecular formula is C12H16BrNO3. The summed E-state index contributed by atoms with van der Waals surface area (Å²) in [5.74, 6) is 0.0611. The SMILES string of the molecule is COC1C=C(C(=O)N2CCOCC2)C=CC1Br. The Morgan fingerprint density at radius 3 is 2.88 bits per heavy atom. The quantitative estimate of drug-likeness (QED) is 0.718. The number of rotatable bonds is 2. The molecule has 2 unspecified atom stereocenters. The van der Waals surface area contributed by atoms with Crippen LogP contribution in [0, 0.1) is 0 Å². The maximum Gasteiger partial charge on any atom is 0.253 e. The third-order valence-electron chi connectivity index (χ3n) is 2.93. The first-order valence-electron chi connectivity index (χ1n) is 5.66. The normalized spacial score (nSPS) is 29.1. The van der Waals surface area contributed by atoms with Gasteiger partial charge in [-0.2, -0.15) is 0 Å². The summed E-state index contributed by atoms with van der Waals surface area (Å²) in [5, 5.41) is 0. The van der Waals surface area contributed by atoms with Gasteiger partial charge in [0.1, 0.15) is 0 Å². The lowest BCUT2D eigenvalue weighted by atomic mass is 10.0. The molecule has 2 atom stereocenters. The smallest absolute Gasteiger partial charge is 0.253 e. The maximum absolute atomic E-state index is 12.2. The Morgan fingerprint density at radius 2 is 2.24 bits per heavy atom. The molecule has 1 saturated heterocycles. The van der Waals surface area contributed by atoms with E-state index in [0.29, 0.717) is 31.9 Å². The molecule has 0 aromatic carbocycles. The predicted molar refractivity (Wildman–Crippen MR) is 68.1 cm³/mol. The van der Waals surface area contributed by atoms with Gasteiger partial charge in [-0.1, -0.05) is 28.1 Å². The molecule has 4 nitrogen and oxygen atoms in total. The number of ether oxygens (including phenoxy) is 2. The first-order valence-corrected chi connectivity index (χ1v) is 6.58. The lowest BCUT2D eigenvalue weighted by molar-refractivity contribution is -0.130. The molecule has 94 valence electrons. The first-order chi connectivity index (χ1) is 8.22. The van der Waals surface area contributed by atoms with Crippen LogP contribution in [0.25, 0.3) is 0 Å². The summed E-state index contributed by atoms with van der Waals surface area (Å²) in [5.41, 5.74) is 0.703. The number of carbonyl (C=O) groups excluding carboxylic acids is 1. The van der Waals surface area contributed by atoms with Crippen molar-refractivity contribution in [1.82, 2.24) is 4.90 Å². The minimum Gasteiger partial charge on any atom is -0.378 e. The Labute approximate surface area is 109 Å². The lowest BCUT2D eigenvalue weighted by Gasteiger charge is -2.28. The summed E-state index contributed by atoms with van der Waals surface area (Å²) < 4.78 is 10.5. The lowest BCUT2D eigenvalue weighted by Crippen LogP contribution is -2.41.